The fourth-order valence-electron chi connectivity index (χ4n) is 1.67. The highest BCUT2D eigenvalue weighted by atomic mass is 16.4. The molecule has 1 saturated carbocycles. The molecule has 0 aromatic carbocycles. The van der Waals surface area contributed by atoms with Gasteiger partial charge in [-0.15, -0.1) is 0 Å². The molecular weight excluding hydrogens is 154 g/mol. The summed E-state index contributed by atoms with van der Waals surface area (Å²) in [7, 11) is 0. The lowest BCUT2D eigenvalue weighted by Gasteiger charge is -2.18. The maximum Gasteiger partial charge on any atom is 0.321 e. The van der Waals surface area contributed by atoms with E-state index in [2.05, 4.69) is 6.92 Å². The van der Waals surface area contributed by atoms with Crippen LogP contribution in [0.1, 0.15) is 39.0 Å². The molecule has 70 valence electrons. The van der Waals surface area contributed by atoms with Gasteiger partial charge in [0.2, 0.25) is 0 Å². The quantitative estimate of drug-likeness (QED) is 0.656. The van der Waals surface area contributed by atoms with Crippen LogP contribution in [0, 0.1) is 5.41 Å². The molecular formula is C9H17NO2. The van der Waals surface area contributed by atoms with Gasteiger partial charge in [0.05, 0.1) is 0 Å². The standard InChI is InChI=1S/C9H17NO2/c1-2-3-4-9(5-6-9)7(10)8(11)12/h7H,2-6,10H2,1H3,(H,11,12). The first-order chi connectivity index (χ1) is 5.62. The van der Waals surface area contributed by atoms with E-state index in [0.29, 0.717) is 0 Å². The summed E-state index contributed by atoms with van der Waals surface area (Å²) in [6, 6.07) is -0.635. The number of aliphatic carboxylic acids is 1. The first-order valence-electron chi connectivity index (χ1n) is 4.61. The zero-order chi connectivity index (χ0) is 9.19. The fraction of sp³-hybridized carbons (Fsp3) is 0.889. The molecule has 0 bridgehead atoms. The Hall–Kier alpha value is -0.570. The third kappa shape index (κ3) is 1.78. The maximum atomic E-state index is 10.6. The predicted octanol–water partition coefficient (Wildman–Crippen LogP) is 1.37. The monoisotopic (exact) mass is 171 g/mol. The molecule has 0 radical (unpaired) electrons. The molecule has 1 aliphatic carbocycles. The van der Waals surface area contributed by atoms with Gasteiger partial charge < -0.3 is 10.8 Å². The first-order valence-corrected chi connectivity index (χ1v) is 4.61. The van der Waals surface area contributed by atoms with Gasteiger partial charge in [-0.3, -0.25) is 4.79 Å². The van der Waals surface area contributed by atoms with Crippen molar-refractivity contribution in [2.45, 2.75) is 45.1 Å². The van der Waals surface area contributed by atoms with E-state index >= 15 is 0 Å². The molecule has 0 spiro atoms. The SMILES string of the molecule is CCCCC1(C(N)C(=O)O)CC1. The minimum Gasteiger partial charge on any atom is -0.480 e. The van der Waals surface area contributed by atoms with Crippen molar-refractivity contribution in [3.63, 3.8) is 0 Å². The number of unbranched alkanes of at least 4 members (excludes halogenated alkanes) is 1. The van der Waals surface area contributed by atoms with Crippen LogP contribution in [0.3, 0.4) is 0 Å². The Morgan fingerprint density at radius 1 is 1.67 bits per heavy atom. The van der Waals surface area contributed by atoms with Gasteiger partial charge in [-0.25, -0.2) is 0 Å². The number of rotatable bonds is 5. The van der Waals surface area contributed by atoms with Gasteiger partial charge in [0.1, 0.15) is 6.04 Å². The number of nitrogens with two attached hydrogens (primary N) is 1. The lowest BCUT2D eigenvalue weighted by atomic mass is 9.91. The molecule has 1 unspecified atom stereocenters. The summed E-state index contributed by atoms with van der Waals surface area (Å²) < 4.78 is 0. The Labute approximate surface area is 72.9 Å². The Morgan fingerprint density at radius 3 is 2.58 bits per heavy atom. The van der Waals surface area contributed by atoms with Crippen LogP contribution in [-0.2, 0) is 4.79 Å². The fourth-order valence-corrected chi connectivity index (χ4v) is 1.67. The van der Waals surface area contributed by atoms with E-state index in [0.717, 1.165) is 32.1 Å². The summed E-state index contributed by atoms with van der Waals surface area (Å²) in [5.74, 6) is -0.844. The van der Waals surface area contributed by atoms with Crippen LogP contribution >= 0.6 is 0 Å². The van der Waals surface area contributed by atoms with E-state index in [1.54, 1.807) is 0 Å². The molecule has 0 aromatic rings. The van der Waals surface area contributed by atoms with Crippen LogP contribution < -0.4 is 5.73 Å². The number of carboxylic acids is 1. The van der Waals surface area contributed by atoms with Gasteiger partial charge in [-0.05, 0) is 24.7 Å². The molecule has 0 aromatic heterocycles. The average Bonchev–Trinajstić information content (AvgIpc) is 2.80. The summed E-state index contributed by atoms with van der Waals surface area (Å²) in [5.41, 5.74) is 5.56. The highest BCUT2D eigenvalue weighted by Gasteiger charge is 2.49. The molecule has 0 amide bonds. The lowest BCUT2D eigenvalue weighted by molar-refractivity contribution is -0.140. The average molecular weight is 171 g/mol. The smallest absolute Gasteiger partial charge is 0.321 e. The molecule has 1 atom stereocenters. The summed E-state index contributed by atoms with van der Waals surface area (Å²) in [5, 5.41) is 8.73. The second-order valence-electron chi connectivity index (χ2n) is 3.78. The Bertz CT molecular complexity index is 175. The van der Waals surface area contributed by atoms with Crippen LogP contribution in [-0.4, -0.2) is 17.1 Å². The van der Waals surface area contributed by atoms with Crippen molar-refractivity contribution in [3.8, 4) is 0 Å². The molecule has 3 heteroatoms. The van der Waals surface area contributed by atoms with Crippen LogP contribution in [0.15, 0.2) is 0 Å². The lowest BCUT2D eigenvalue weighted by Crippen LogP contribution is -2.39. The van der Waals surface area contributed by atoms with Crippen LogP contribution in [0.2, 0.25) is 0 Å². The molecule has 0 aliphatic heterocycles. The van der Waals surface area contributed by atoms with E-state index in [4.69, 9.17) is 10.8 Å². The van der Waals surface area contributed by atoms with Crippen molar-refractivity contribution in [1.82, 2.24) is 0 Å². The van der Waals surface area contributed by atoms with E-state index in [9.17, 15) is 4.79 Å². The van der Waals surface area contributed by atoms with Gasteiger partial charge >= 0.3 is 5.97 Å². The minimum atomic E-state index is -0.844. The van der Waals surface area contributed by atoms with Gasteiger partial charge in [-0.1, -0.05) is 19.8 Å². The molecule has 0 heterocycles. The van der Waals surface area contributed by atoms with Gasteiger partial charge in [0.25, 0.3) is 0 Å². The summed E-state index contributed by atoms with van der Waals surface area (Å²) in [4.78, 5) is 10.6. The number of carbonyl (C=O) groups is 1. The molecule has 1 fully saturated rings. The van der Waals surface area contributed by atoms with Crippen molar-refractivity contribution in [3.05, 3.63) is 0 Å². The minimum absolute atomic E-state index is 0.0398. The summed E-state index contributed by atoms with van der Waals surface area (Å²) >= 11 is 0. The van der Waals surface area contributed by atoms with E-state index in [-0.39, 0.29) is 5.41 Å². The first kappa shape index (κ1) is 9.52. The van der Waals surface area contributed by atoms with E-state index in [1.165, 1.54) is 0 Å². The number of hydrogen-bond donors (Lipinski definition) is 2. The summed E-state index contributed by atoms with van der Waals surface area (Å²) in [6.07, 6.45) is 5.20. The zero-order valence-electron chi connectivity index (χ0n) is 7.55. The van der Waals surface area contributed by atoms with Gasteiger partial charge in [0, 0.05) is 0 Å². The molecule has 12 heavy (non-hydrogen) atoms. The van der Waals surface area contributed by atoms with Crippen molar-refractivity contribution < 1.29 is 9.90 Å². The van der Waals surface area contributed by atoms with E-state index < -0.39 is 12.0 Å². The predicted molar refractivity (Wildman–Crippen MR) is 46.8 cm³/mol. The van der Waals surface area contributed by atoms with Crippen molar-refractivity contribution >= 4 is 5.97 Å². The van der Waals surface area contributed by atoms with Crippen molar-refractivity contribution in [2.75, 3.05) is 0 Å². The Morgan fingerprint density at radius 2 is 2.25 bits per heavy atom. The summed E-state index contributed by atoms with van der Waals surface area (Å²) in [6.45, 7) is 2.11. The Balaban J connectivity index is 2.42. The molecule has 1 rings (SSSR count). The zero-order valence-corrected chi connectivity index (χ0v) is 7.55. The normalized spacial score (nSPS) is 21.8. The highest BCUT2D eigenvalue weighted by molar-refractivity contribution is 5.75. The van der Waals surface area contributed by atoms with E-state index in [1.807, 2.05) is 0 Å². The van der Waals surface area contributed by atoms with Crippen molar-refractivity contribution in [1.29, 1.82) is 0 Å². The second-order valence-corrected chi connectivity index (χ2v) is 3.78. The van der Waals surface area contributed by atoms with Crippen LogP contribution in [0.4, 0.5) is 0 Å². The van der Waals surface area contributed by atoms with Crippen LogP contribution in [0.5, 0.6) is 0 Å². The molecule has 3 N–H and O–H groups in total. The second kappa shape index (κ2) is 3.44. The topological polar surface area (TPSA) is 63.3 Å². The highest BCUT2D eigenvalue weighted by Crippen LogP contribution is 2.52. The Kier molecular flexibility index (Phi) is 2.73. The molecule has 0 saturated heterocycles. The molecule has 1 aliphatic rings. The largest absolute Gasteiger partial charge is 0.480 e. The van der Waals surface area contributed by atoms with Crippen molar-refractivity contribution in [2.24, 2.45) is 11.1 Å². The molecule has 3 nitrogen and oxygen atoms in total. The number of carboxylic acid groups (broad SMARTS) is 1. The van der Waals surface area contributed by atoms with Gasteiger partial charge in [0.15, 0.2) is 0 Å². The maximum absolute atomic E-state index is 10.6. The third-order valence-corrected chi connectivity index (χ3v) is 2.85. The third-order valence-electron chi connectivity index (χ3n) is 2.85. The number of hydrogen-bond acceptors (Lipinski definition) is 2. The van der Waals surface area contributed by atoms with Crippen LogP contribution in [0.25, 0.3) is 0 Å². The van der Waals surface area contributed by atoms with Gasteiger partial charge in [-0.2, -0.15) is 0 Å².